The number of aliphatic hydroxyl groups excluding tert-OH is 3. The van der Waals surface area contributed by atoms with Gasteiger partial charge in [-0.3, -0.25) is 9.35 Å². The fourth-order valence-corrected chi connectivity index (χ4v) is 8.61. The lowest BCUT2D eigenvalue weighted by molar-refractivity contribution is -0.301. The second kappa shape index (κ2) is 43.6. The molecule has 0 aromatic heterocycles. The van der Waals surface area contributed by atoms with Gasteiger partial charge in [-0.2, -0.15) is 8.42 Å². The van der Waals surface area contributed by atoms with Gasteiger partial charge in [-0.1, -0.05) is 211 Å². The van der Waals surface area contributed by atoms with Crippen molar-refractivity contribution in [3.8, 4) is 0 Å². The van der Waals surface area contributed by atoms with Crippen molar-refractivity contribution in [1.82, 2.24) is 0 Å². The Labute approximate surface area is 396 Å². The molecule has 0 radical (unpaired) electrons. The van der Waals surface area contributed by atoms with E-state index in [1.54, 1.807) is 0 Å². The molecule has 1 saturated heterocycles. The zero-order valence-corrected chi connectivity index (χ0v) is 41.9. The van der Waals surface area contributed by atoms with Crippen molar-refractivity contribution in [2.75, 3.05) is 26.4 Å². The van der Waals surface area contributed by atoms with E-state index < -0.39 is 59.8 Å². The molecule has 0 amide bonds. The van der Waals surface area contributed by atoms with Crippen molar-refractivity contribution in [2.45, 2.75) is 263 Å². The van der Waals surface area contributed by atoms with E-state index in [1.807, 2.05) is 0 Å². The number of allylic oxidation sites excluding steroid dienone is 6. The monoisotopic (exact) mass is 945 g/mol. The maximum Gasteiger partial charge on any atom is 0.397 e. The van der Waals surface area contributed by atoms with Crippen LogP contribution in [0.5, 0.6) is 0 Å². The third-order valence-electron chi connectivity index (χ3n) is 12.0. The average molecular weight is 945 g/mol. The molecule has 6 atom stereocenters. The lowest BCUT2D eigenvalue weighted by Gasteiger charge is -2.41. The quantitative estimate of drug-likeness (QED) is 0.0197. The van der Waals surface area contributed by atoms with Crippen LogP contribution in [-0.4, -0.2) is 97.5 Å². The maximum absolute atomic E-state index is 12.9. The molecule has 4 N–H and O–H groups in total. The van der Waals surface area contributed by atoms with Gasteiger partial charge in [-0.15, -0.1) is 0 Å². The Morgan fingerprint density at radius 3 is 1.55 bits per heavy atom. The molecule has 0 aromatic rings. The highest BCUT2D eigenvalue weighted by atomic mass is 32.3. The van der Waals surface area contributed by atoms with Crippen molar-refractivity contribution in [3.05, 3.63) is 36.5 Å². The summed E-state index contributed by atoms with van der Waals surface area (Å²) in [5, 5.41) is 30.7. The molecular formula is C52H96O12S. The topological polar surface area (TPSA) is 178 Å². The maximum atomic E-state index is 12.9. The zero-order chi connectivity index (χ0) is 47.5. The molecule has 0 saturated carbocycles. The Kier molecular flexibility index (Phi) is 41.1. The van der Waals surface area contributed by atoms with Gasteiger partial charge in [0.15, 0.2) is 6.29 Å². The van der Waals surface area contributed by atoms with E-state index in [9.17, 15) is 33.1 Å². The van der Waals surface area contributed by atoms with Gasteiger partial charge < -0.3 is 34.3 Å². The second-order valence-corrected chi connectivity index (χ2v) is 19.1. The molecule has 1 fully saturated rings. The van der Waals surface area contributed by atoms with Crippen LogP contribution in [0.25, 0.3) is 0 Å². The Balaban J connectivity index is 2.30. The molecule has 13 heteroatoms. The molecule has 1 heterocycles. The summed E-state index contributed by atoms with van der Waals surface area (Å²) in [4.78, 5) is 12.9. The minimum Gasteiger partial charge on any atom is -0.457 e. The molecule has 6 unspecified atom stereocenters. The first-order valence-electron chi connectivity index (χ1n) is 26.2. The summed E-state index contributed by atoms with van der Waals surface area (Å²) in [7, 11) is -5.07. The number of hydrogen-bond acceptors (Lipinski definition) is 11. The number of carbonyl (C=O) groups is 1. The minimum absolute atomic E-state index is 0.0233. The Morgan fingerprint density at radius 2 is 1.06 bits per heavy atom. The fraction of sp³-hybridized carbons (Fsp3) is 0.865. The Bertz CT molecular complexity index is 1270. The first-order valence-corrected chi connectivity index (χ1v) is 27.6. The third kappa shape index (κ3) is 37.0. The molecule has 1 aliphatic heterocycles. The zero-order valence-electron chi connectivity index (χ0n) is 41.1. The number of carbonyl (C=O) groups excluding carboxylic acids is 1. The predicted octanol–water partition coefficient (Wildman–Crippen LogP) is 12.1. The SMILES string of the molecule is CC/C=C\C/C=C\C/C=C\CCCCCCOCC(COC1OC(CO)C(O)C(OS(=O)(=O)O)C1O)OC(=O)CCCCCCCCCCCCCCCCCCCCCCCCCC. The largest absolute Gasteiger partial charge is 0.457 e. The number of rotatable bonds is 46. The van der Waals surface area contributed by atoms with E-state index in [2.05, 4.69) is 54.5 Å². The standard InChI is InChI=1S/C52H96O12S/c1-3-5-7-9-11-13-15-17-19-20-21-22-23-24-25-26-27-28-29-31-33-35-37-39-41-48(54)62-46(44-60-42-40-38-36-34-32-30-18-16-14-12-10-8-6-4-2)45-61-52-50(56)51(64-65(57,58)59)49(55)47(43-53)63-52/h6,8,12,14,18,30,46-47,49-53,55-56H,3-5,7,9-11,13,15-17,19-29,31-45H2,1-2H3,(H,57,58,59)/b8-6-,14-12-,30-18-. The number of aliphatic hydroxyl groups is 3. The van der Waals surface area contributed by atoms with Crippen molar-refractivity contribution >= 4 is 16.4 Å². The van der Waals surface area contributed by atoms with Crippen LogP contribution in [0.3, 0.4) is 0 Å². The van der Waals surface area contributed by atoms with E-state index in [0.717, 1.165) is 70.6 Å². The highest BCUT2D eigenvalue weighted by molar-refractivity contribution is 7.80. The molecule has 382 valence electrons. The molecule has 12 nitrogen and oxygen atoms in total. The van der Waals surface area contributed by atoms with Crippen LogP contribution >= 0.6 is 0 Å². The van der Waals surface area contributed by atoms with Crippen molar-refractivity contribution < 1.29 is 56.2 Å². The summed E-state index contributed by atoms with van der Waals surface area (Å²) in [5.74, 6) is -0.403. The smallest absolute Gasteiger partial charge is 0.397 e. The third-order valence-corrected chi connectivity index (χ3v) is 12.5. The van der Waals surface area contributed by atoms with Gasteiger partial charge >= 0.3 is 16.4 Å². The van der Waals surface area contributed by atoms with Crippen molar-refractivity contribution in [1.29, 1.82) is 0 Å². The van der Waals surface area contributed by atoms with Gasteiger partial charge in [0, 0.05) is 13.0 Å². The molecule has 0 aliphatic carbocycles. The number of unbranched alkanes of at least 4 members (excludes halogenated alkanes) is 27. The van der Waals surface area contributed by atoms with Gasteiger partial charge in [0.25, 0.3) is 0 Å². The van der Waals surface area contributed by atoms with E-state index in [-0.39, 0.29) is 19.6 Å². The predicted molar refractivity (Wildman–Crippen MR) is 262 cm³/mol. The molecular weight excluding hydrogens is 849 g/mol. The summed E-state index contributed by atoms with van der Waals surface area (Å²) < 4.78 is 59.2. The van der Waals surface area contributed by atoms with Crippen molar-refractivity contribution in [3.63, 3.8) is 0 Å². The van der Waals surface area contributed by atoms with Crippen LogP contribution in [0, 0.1) is 0 Å². The summed E-state index contributed by atoms with van der Waals surface area (Å²) in [6.07, 6.45) is 43.4. The van der Waals surface area contributed by atoms with Crippen LogP contribution in [0.1, 0.15) is 226 Å². The van der Waals surface area contributed by atoms with E-state index in [1.165, 1.54) is 128 Å². The van der Waals surface area contributed by atoms with Gasteiger partial charge in [0.1, 0.15) is 30.5 Å². The second-order valence-electron chi connectivity index (χ2n) is 18.1. The van der Waals surface area contributed by atoms with Crippen LogP contribution in [0.4, 0.5) is 0 Å². The Morgan fingerprint density at radius 1 is 0.600 bits per heavy atom. The minimum atomic E-state index is -5.07. The summed E-state index contributed by atoms with van der Waals surface area (Å²) >= 11 is 0. The van der Waals surface area contributed by atoms with Gasteiger partial charge in [0.05, 0.1) is 19.8 Å². The first kappa shape index (κ1) is 61.3. The normalized spacial score (nSPS) is 19.9. The highest BCUT2D eigenvalue weighted by Crippen LogP contribution is 2.26. The lowest BCUT2D eigenvalue weighted by atomic mass is 9.99. The van der Waals surface area contributed by atoms with Gasteiger partial charge in [0.2, 0.25) is 0 Å². The van der Waals surface area contributed by atoms with Crippen LogP contribution in [0.2, 0.25) is 0 Å². The molecule has 0 spiro atoms. The summed E-state index contributed by atoms with van der Waals surface area (Å²) in [5.41, 5.74) is 0. The highest BCUT2D eigenvalue weighted by Gasteiger charge is 2.48. The number of ether oxygens (including phenoxy) is 4. The molecule has 1 aliphatic rings. The fourth-order valence-electron chi connectivity index (χ4n) is 8.10. The van der Waals surface area contributed by atoms with Gasteiger partial charge in [-0.05, 0) is 44.9 Å². The van der Waals surface area contributed by atoms with E-state index in [4.69, 9.17) is 18.9 Å². The summed E-state index contributed by atoms with van der Waals surface area (Å²) in [6.45, 7) is 3.86. The molecule has 0 bridgehead atoms. The van der Waals surface area contributed by atoms with Crippen LogP contribution < -0.4 is 0 Å². The number of esters is 1. The summed E-state index contributed by atoms with van der Waals surface area (Å²) in [6, 6.07) is 0. The lowest BCUT2D eigenvalue weighted by Crippen LogP contribution is -2.60. The molecule has 65 heavy (non-hydrogen) atoms. The Hall–Kier alpha value is -1.68. The molecule has 0 aromatic carbocycles. The first-order chi connectivity index (χ1) is 31.6. The molecule has 1 rings (SSSR count). The van der Waals surface area contributed by atoms with E-state index >= 15 is 0 Å². The van der Waals surface area contributed by atoms with Crippen LogP contribution in [0.15, 0.2) is 36.5 Å². The van der Waals surface area contributed by atoms with E-state index in [0.29, 0.717) is 13.0 Å². The van der Waals surface area contributed by atoms with Crippen molar-refractivity contribution in [2.24, 2.45) is 0 Å². The van der Waals surface area contributed by atoms with Gasteiger partial charge in [-0.25, -0.2) is 4.18 Å². The van der Waals surface area contributed by atoms with Crippen LogP contribution in [-0.2, 0) is 38.3 Å². The number of hydrogen-bond donors (Lipinski definition) is 4. The average Bonchev–Trinajstić information content (AvgIpc) is 3.28.